The number of rotatable bonds is 1. The summed E-state index contributed by atoms with van der Waals surface area (Å²) in [5.74, 6) is 2.00. The Kier molecular flexibility index (Phi) is 3.43. The molecule has 0 N–H and O–H groups in total. The molecular formula is C20H24O5S. The predicted molar refractivity (Wildman–Crippen MR) is 97.3 cm³/mol. The van der Waals surface area contributed by atoms with Crippen LogP contribution in [-0.4, -0.2) is 28.5 Å². The van der Waals surface area contributed by atoms with E-state index >= 15 is 0 Å². The Hall–Kier alpha value is -1.69. The topological polar surface area (TPSA) is 54.0 Å². The monoisotopic (exact) mass is 376 g/mol. The molecule has 3 aliphatic heterocycles. The van der Waals surface area contributed by atoms with Crippen LogP contribution in [0.4, 0.5) is 0 Å². The molecule has 1 spiro atoms. The number of benzene rings is 1. The molecule has 0 amide bonds. The Morgan fingerprint density at radius 2 is 1.96 bits per heavy atom. The normalized spacial score (nSPS) is 32.8. The van der Waals surface area contributed by atoms with Gasteiger partial charge in [0.25, 0.3) is 5.95 Å². The van der Waals surface area contributed by atoms with Crippen LogP contribution in [0.15, 0.2) is 29.0 Å². The van der Waals surface area contributed by atoms with E-state index in [1.165, 1.54) is 0 Å². The van der Waals surface area contributed by atoms with Crippen LogP contribution < -0.4 is 9.47 Å². The first-order chi connectivity index (χ1) is 12.5. The van der Waals surface area contributed by atoms with Gasteiger partial charge in [-0.2, -0.15) is 0 Å². The van der Waals surface area contributed by atoms with Gasteiger partial charge in [-0.15, -0.1) is 0 Å². The zero-order valence-electron chi connectivity index (χ0n) is 15.4. The van der Waals surface area contributed by atoms with Gasteiger partial charge in [-0.25, -0.2) is 0 Å². The molecule has 140 valence electrons. The van der Waals surface area contributed by atoms with Crippen molar-refractivity contribution in [1.29, 1.82) is 0 Å². The van der Waals surface area contributed by atoms with E-state index in [1.807, 2.05) is 12.1 Å². The number of methoxy groups -OCH3 is 1. The van der Waals surface area contributed by atoms with Crippen molar-refractivity contribution in [2.24, 2.45) is 5.92 Å². The van der Waals surface area contributed by atoms with Crippen molar-refractivity contribution in [3.05, 3.63) is 34.6 Å². The third-order valence-electron chi connectivity index (χ3n) is 6.29. The van der Waals surface area contributed by atoms with Gasteiger partial charge in [0.05, 0.1) is 13.7 Å². The smallest absolute Gasteiger partial charge is 0.294 e. The Balaban J connectivity index is 1.68. The highest BCUT2D eigenvalue weighted by Crippen LogP contribution is 2.59. The lowest BCUT2D eigenvalue weighted by Gasteiger charge is -2.45. The highest BCUT2D eigenvalue weighted by atomic mass is 32.2. The summed E-state index contributed by atoms with van der Waals surface area (Å²) >= 11 is 0. The lowest BCUT2D eigenvalue weighted by molar-refractivity contribution is -0.128. The standard InChI is InChI=1S/C20H24O5S/c1-19(2)13-11-23-16-12(7-6-8-14(16)22-3)15(13)17-18(24-19)25-20(26(17)21)9-4-5-10-20/h6-8,13,15H,4-5,9-11H2,1-3H3/t13-,15+,26?/m0/s1. The summed E-state index contributed by atoms with van der Waals surface area (Å²) in [6, 6.07) is 5.92. The van der Waals surface area contributed by atoms with Crippen molar-refractivity contribution in [1.82, 2.24) is 0 Å². The molecule has 4 aliphatic rings. The van der Waals surface area contributed by atoms with Crippen LogP contribution in [0.1, 0.15) is 51.0 Å². The van der Waals surface area contributed by atoms with E-state index in [0.717, 1.165) is 41.9 Å². The molecule has 3 heterocycles. The zero-order valence-corrected chi connectivity index (χ0v) is 16.2. The molecule has 5 nitrogen and oxygen atoms in total. The number of para-hydroxylation sites is 1. The van der Waals surface area contributed by atoms with Gasteiger partial charge in [0, 0.05) is 17.4 Å². The summed E-state index contributed by atoms with van der Waals surface area (Å²) in [6.45, 7) is 4.63. The molecule has 5 rings (SSSR count). The molecule has 1 unspecified atom stereocenters. The molecule has 1 aromatic rings. The number of ether oxygens (including phenoxy) is 4. The first-order valence-electron chi connectivity index (χ1n) is 9.31. The maximum atomic E-state index is 13.6. The molecule has 1 fully saturated rings. The van der Waals surface area contributed by atoms with Crippen LogP contribution in [0.3, 0.4) is 0 Å². The third-order valence-corrected chi connectivity index (χ3v) is 8.28. The molecule has 0 aromatic heterocycles. The molecule has 0 radical (unpaired) electrons. The molecule has 1 saturated carbocycles. The van der Waals surface area contributed by atoms with Crippen LogP contribution in [0, 0.1) is 5.92 Å². The van der Waals surface area contributed by atoms with Gasteiger partial charge < -0.3 is 18.9 Å². The summed E-state index contributed by atoms with van der Waals surface area (Å²) in [5.41, 5.74) is 0.565. The van der Waals surface area contributed by atoms with E-state index < -0.39 is 21.3 Å². The van der Waals surface area contributed by atoms with Gasteiger partial charge in [-0.1, -0.05) is 12.1 Å². The SMILES string of the molecule is COc1cccc2c1OC[C@H]1[C@@H]2C2=C(OC1(C)C)OC1(CCCC1)S2=O. The highest BCUT2D eigenvalue weighted by molar-refractivity contribution is 7.90. The van der Waals surface area contributed by atoms with E-state index in [-0.39, 0.29) is 11.8 Å². The third kappa shape index (κ3) is 2.05. The van der Waals surface area contributed by atoms with Gasteiger partial charge >= 0.3 is 0 Å². The van der Waals surface area contributed by atoms with Gasteiger partial charge in [0.1, 0.15) is 21.3 Å². The van der Waals surface area contributed by atoms with Crippen molar-refractivity contribution in [3.8, 4) is 11.5 Å². The van der Waals surface area contributed by atoms with Gasteiger partial charge in [0.15, 0.2) is 16.4 Å². The van der Waals surface area contributed by atoms with Gasteiger partial charge in [0.2, 0.25) is 0 Å². The number of fused-ring (bicyclic) bond motifs is 4. The Labute approximate surface area is 156 Å². The average Bonchev–Trinajstić information content (AvgIpc) is 3.19. The maximum absolute atomic E-state index is 13.6. The Bertz CT molecular complexity index is 821. The first-order valence-corrected chi connectivity index (χ1v) is 10.5. The van der Waals surface area contributed by atoms with Crippen molar-refractivity contribution in [2.75, 3.05) is 13.7 Å². The van der Waals surface area contributed by atoms with E-state index in [2.05, 4.69) is 19.9 Å². The minimum absolute atomic E-state index is 0.0339. The van der Waals surface area contributed by atoms with Crippen molar-refractivity contribution in [2.45, 2.75) is 56.0 Å². The second-order valence-electron chi connectivity index (χ2n) is 8.12. The fourth-order valence-corrected chi connectivity index (χ4v) is 6.84. The van der Waals surface area contributed by atoms with Crippen LogP contribution >= 0.6 is 0 Å². The molecule has 3 atom stereocenters. The van der Waals surface area contributed by atoms with Crippen molar-refractivity contribution in [3.63, 3.8) is 0 Å². The van der Waals surface area contributed by atoms with Gasteiger partial charge in [-0.3, -0.25) is 4.21 Å². The van der Waals surface area contributed by atoms with E-state index in [1.54, 1.807) is 7.11 Å². The predicted octanol–water partition coefficient (Wildman–Crippen LogP) is 3.81. The molecule has 0 bridgehead atoms. The molecule has 26 heavy (non-hydrogen) atoms. The molecule has 1 aromatic carbocycles. The largest absolute Gasteiger partial charge is 0.493 e. The fourth-order valence-electron chi connectivity index (χ4n) is 4.87. The zero-order chi connectivity index (χ0) is 18.1. The average molecular weight is 376 g/mol. The van der Waals surface area contributed by atoms with E-state index in [4.69, 9.17) is 18.9 Å². The fraction of sp³-hybridized carbons (Fsp3) is 0.600. The summed E-state index contributed by atoms with van der Waals surface area (Å²) in [6.07, 6.45) is 3.76. The summed E-state index contributed by atoms with van der Waals surface area (Å²) in [7, 11) is 0.442. The molecule has 0 saturated heterocycles. The number of hydrogen-bond acceptors (Lipinski definition) is 5. The first kappa shape index (κ1) is 16.5. The number of allylic oxidation sites excluding steroid dienone is 1. The molecule has 6 heteroatoms. The summed E-state index contributed by atoms with van der Waals surface area (Å²) < 4.78 is 37.7. The van der Waals surface area contributed by atoms with E-state index in [9.17, 15) is 4.21 Å². The Morgan fingerprint density at radius 1 is 1.19 bits per heavy atom. The quantitative estimate of drug-likeness (QED) is 0.746. The lowest BCUT2D eigenvalue weighted by Crippen LogP contribution is -2.47. The number of hydrogen-bond donors (Lipinski definition) is 0. The highest BCUT2D eigenvalue weighted by Gasteiger charge is 2.60. The van der Waals surface area contributed by atoms with Crippen molar-refractivity contribution < 1.29 is 23.2 Å². The second kappa shape index (κ2) is 5.41. The summed E-state index contributed by atoms with van der Waals surface area (Å²) in [5, 5.41) is 0. The van der Waals surface area contributed by atoms with E-state index in [0.29, 0.717) is 18.3 Å². The van der Waals surface area contributed by atoms with Crippen molar-refractivity contribution >= 4 is 10.8 Å². The lowest BCUT2D eigenvalue weighted by atomic mass is 9.73. The maximum Gasteiger partial charge on any atom is 0.294 e. The van der Waals surface area contributed by atoms with Gasteiger partial charge in [-0.05, 0) is 45.6 Å². The Morgan fingerprint density at radius 3 is 2.69 bits per heavy atom. The minimum Gasteiger partial charge on any atom is -0.493 e. The van der Waals surface area contributed by atoms with Crippen LogP contribution in [0.2, 0.25) is 0 Å². The minimum atomic E-state index is -1.20. The van der Waals surface area contributed by atoms with Crippen LogP contribution in [-0.2, 0) is 20.3 Å². The second-order valence-corrected chi connectivity index (χ2v) is 9.84. The molecular weight excluding hydrogens is 352 g/mol. The van der Waals surface area contributed by atoms with Crippen LogP contribution in [0.5, 0.6) is 11.5 Å². The summed E-state index contributed by atoms with van der Waals surface area (Å²) in [4.78, 5) is 0.224. The molecule has 1 aliphatic carbocycles. The van der Waals surface area contributed by atoms with Crippen LogP contribution in [0.25, 0.3) is 0 Å².